The number of fused-ring (bicyclic) bond motifs is 1. The number of aliphatic carboxylic acids is 1. The molecular weight excluding hydrogens is 528 g/mol. The van der Waals surface area contributed by atoms with Gasteiger partial charge in [0, 0.05) is 9.75 Å². The van der Waals surface area contributed by atoms with Gasteiger partial charge in [-0.1, -0.05) is 31.5 Å². The predicted molar refractivity (Wildman–Crippen MR) is 143 cm³/mol. The molecule has 1 aliphatic rings. The summed E-state index contributed by atoms with van der Waals surface area (Å²) in [4.78, 5) is 42.0. The molecule has 0 bridgehead atoms. The van der Waals surface area contributed by atoms with Crippen LogP contribution >= 0.6 is 22.7 Å². The number of carboxylic acid groups (broad SMARTS) is 1. The average molecular weight is 559 g/mol. The van der Waals surface area contributed by atoms with E-state index in [-0.39, 0.29) is 19.1 Å². The highest BCUT2D eigenvalue weighted by Gasteiger charge is 2.30. The Bertz CT molecular complexity index is 1180. The first-order valence-corrected chi connectivity index (χ1v) is 14.1. The van der Waals surface area contributed by atoms with Gasteiger partial charge in [-0.15, -0.1) is 22.7 Å². The van der Waals surface area contributed by atoms with Gasteiger partial charge in [-0.3, -0.25) is 9.59 Å². The third-order valence-electron chi connectivity index (χ3n) is 5.98. The molecule has 202 valence electrons. The first-order chi connectivity index (χ1) is 18.4. The van der Waals surface area contributed by atoms with Crippen LogP contribution < -0.4 is 14.8 Å². The highest BCUT2D eigenvalue weighted by Crippen LogP contribution is 2.35. The molecule has 2 amide bonds. The van der Waals surface area contributed by atoms with Crippen molar-refractivity contribution in [1.29, 1.82) is 0 Å². The molecule has 0 aliphatic carbocycles. The summed E-state index contributed by atoms with van der Waals surface area (Å²) in [6, 6.07) is 11.9. The summed E-state index contributed by atoms with van der Waals surface area (Å²) >= 11 is 3.12. The second-order valence-corrected chi connectivity index (χ2v) is 10.9. The fraction of sp³-hybridized carbons (Fsp3) is 0.370. The molecule has 0 spiro atoms. The zero-order valence-corrected chi connectivity index (χ0v) is 22.6. The first kappa shape index (κ1) is 27.5. The van der Waals surface area contributed by atoms with Crippen molar-refractivity contribution in [3.8, 4) is 11.5 Å². The van der Waals surface area contributed by atoms with E-state index < -0.39 is 24.2 Å². The Morgan fingerprint density at radius 3 is 2.34 bits per heavy atom. The van der Waals surface area contributed by atoms with Crippen LogP contribution in [0.1, 0.15) is 54.0 Å². The number of unbranched alkanes of at least 4 members (excludes halogenated alkanes) is 1. The lowest BCUT2D eigenvalue weighted by atomic mass is 10.0. The molecule has 38 heavy (non-hydrogen) atoms. The van der Waals surface area contributed by atoms with Crippen molar-refractivity contribution in [2.45, 2.75) is 57.8 Å². The Labute approximate surface area is 228 Å². The van der Waals surface area contributed by atoms with Crippen LogP contribution in [0.15, 0.2) is 53.2 Å². The van der Waals surface area contributed by atoms with Crippen LogP contribution in [0.3, 0.4) is 0 Å². The van der Waals surface area contributed by atoms with E-state index in [9.17, 15) is 19.5 Å². The predicted octanol–water partition coefficient (Wildman–Crippen LogP) is 5.57. The van der Waals surface area contributed by atoms with Gasteiger partial charge in [0.15, 0.2) is 17.6 Å². The first-order valence-electron chi connectivity index (χ1n) is 12.3. The zero-order chi connectivity index (χ0) is 26.9. The van der Waals surface area contributed by atoms with Crippen molar-refractivity contribution >= 4 is 40.6 Å². The molecule has 3 heterocycles. The smallest absolute Gasteiger partial charge is 0.408 e. The number of amides is 2. The highest BCUT2D eigenvalue weighted by molar-refractivity contribution is 7.10. The summed E-state index contributed by atoms with van der Waals surface area (Å²) in [5, 5.41) is 16.0. The third-order valence-corrected chi connectivity index (χ3v) is 7.70. The van der Waals surface area contributed by atoms with Gasteiger partial charge in [-0.05, 0) is 53.4 Å². The monoisotopic (exact) mass is 558 g/mol. The molecule has 9 nitrogen and oxygen atoms in total. The number of carboxylic acids is 1. The SMILES string of the molecule is CCCCC(OC(=O)N[C@@H](CC(=O)O)c1ccc2c(c1)OCO2)C(=O)N(Cc1cccs1)Cc1cccs1. The summed E-state index contributed by atoms with van der Waals surface area (Å²) in [7, 11) is 0. The Morgan fingerprint density at radius 2 is 1.74 bits per heavy atom. The minimum absolute atomic E-state index is 0.0759. The molecule has 0 fully saturated rings. The van der Waals surface area contributed by atoms with E-state index in [1.807, 2.05) is 41.9 Å². The Balaban J connectivity index is 1.49. The standard InChI is InChI=1S/C27H30N2O7S2/c1-2-3-8-23(26(32)29(15-19-6-4-11-37-19)16-20-7-5-12-38-20)36-27(33)28-21(14-25(30)31)18-9-10-22-24(13-18)35-17-34-22/h4-7,9-13,21,23H,2-3,8,14-17H2,1H3,(H,28,33)(H,30,31)/t21-,23?/m0/s1. The Morgan fingerprint density at radius 1 is 1.05 bits per heavy atom. The molecule has 1 aliphatic heterocycles. The minimum Gasteiger partial charge on any atom is -0.481 e. The van der Waals surface area contributed by atoms with Crippen molar-refractivity contribution in [2.75, 3.05) is 6.79 Å². The molecule has 2 aromatic heterocycles. The fourth-order valence-electron chi connectivity index (χ4n) is 4.08. The lowest BCUT2D eigenvalue weighted by Crippen LogP contribution is -2.43. The minimum atomic E-state index is -1.09. The number of carbonyl (C=O) groups excluding carboxylic acids is 2. The molecule has 11 heteroatoms. The number of alkyl carbamates (subject to hydrolysis) is 1. The van der Waals surface area contributed by atoms with Crippen LogP contribution in [0, 0.1) is 0 Å². The summed E-state index contributed by atoms with van der Waals surface area (Å²) < 4.78 is 16.4. The van der Waals surface area contributed by atoms with Crippen molar-refractivity contribution < 1.29 is 33.7 Å². The average Bonchev–Trinajstić information content (AvgIpc) is 3.68. The topological polar surface area (TPSA) is 114 Å². The third kappa shape index (κ3) is 7.48. The molecule has 3 aromatic rings. The van der Waals surface area contributed by atoms with E-state index in [1.165, 1.54) is 0 Å². The molecule has 2 N–H and O–H groups in total. The van der Waals surface area contributed by atoms with Crippen LogP contribution in [0.5, 0.6) is 11.5 Å². The number of hydrogen-bond donors (Lipinski definition) is 2. The van der Waals surface area contributed by atoms with Gasteiger partial charge in [0.2, 0.25) is 6.79 Å². The molecule has 1 unspecified atom stereocenters. The van der Waals surface area contributed by atoms with Crippen LogP contribution in [0.25, 0.3) is 0 Å². The molecular formula is C27H30N2O7S2. The van der Waals surface area contributed by atoms with E-state index in [4.69, 9.17) is 14.2 Å². The van der Waals surface area contributed by atoms with Crippen molar-refractivity contribution in [3.63, 3.8) is 0 Å². The van der Waals surface area contributed by atoms with E-state index in [1.54, 1.807) is 45.8 Å². The zero-order valence-electron chi connectivity index (χ0n) is 21.0. The number of rotatable bonds is 13. The van der Waals surface area contributed by atoms with Crippen LogP contribution in [-0.2, 0) is 27.4 Å². The van der Waals surface area contributed by atoms with Gasteiger partial charge in [-0.25, -0.2) is 4.79 Å². The van der Waals surface area contributed by atoms with Gasteiger partial charge in [0.05, 0.1) is 25.6 Å². The Hall–Kier alpha value is -3.57. The number of carbonyl (C=O) groups is 3. The molecule has 1 aromatic carbocycles. The number of hydrogen-bond acceptors (Lipinski definition) is 8. The fourth-order valence-corrected chi connectivity index (χ4v) is 5.52. The van der Waals surface area contributed by atoms with Crippen LogP contribution in [0.4, 0.5) is 4.79 Å². The lowest BCUT2D eigenvalue weighted by Gasteiger charge is -2.27. The second kappa shape index (κ2) is 13.3. The number of ether oxygens (including phenoxy) is 3. The Kier molecular flexibility index (Phi) is 9.61. The number of nitrogens with zero attached hydrogens (tertiary/aromatic N) is 1. The number of nitrogens with one attached hydrogen (secondary N) is 1. The molecule has 0 radical (unpaired) electrons. The normalized spacial score (nSPS) is 13.5. The van der Waals surface area contributed by atoms with E-state index in [0.717, 1.165) is 16.2 Å². The van der Waals surface area contributed by atoms with Crippen LogP contribution in [0.2, 0.25) is 0 Å². The van der Waals surface area contributed by atoms with Gasteiger partial charge >= 0.3 is 12.1 Å². The summed E-state index contributed by atoms with van der Waals surface area (Å²) in [6.07, 6.45) is -0.347. The molecule has 0 saturated heterocycles. The highest BCUT2D eigenvalue weighted by atomic mass is 32.1. The number of thiophene rings is 2. The van der Waals surface area contributed by atoms with Crippen molar-refractivity contribution in [3.05, 3.63) is 68.5 Å². The molecule has 0 saturated carbocycles. The summed E-state index contributed by atoms with van der Waals surface area (Å²) in [5.41, 5.74) is 0.530. The van der Waals surface area contributed by atoms with Crippen LogP contribution in [-0.4, -0.2) is 40.9 Å². The van der Waals surface area contributed by atoms with E-state index in [0.29, 0.717) is 43.0 Å². The summed E-state index contributed by atoms with van der Waals surface area (Å²) in [6.45, 7) is 2.88. The van der Waals surface area contributed by atoms with Crippen molar-refractivity contribution in [2.24, 2.45) is 0 Å². The van der Waals surface area contributed by atoms with Gasteiger partial charge in [0.25, 0.3) is 5.91 Å². The summed E-state index contributed by atoms with van der Waals surface area (Å²) in [5.74, 6) is -0.355. The largest absolute Gasteiger partial charge is 0.481 e. The maximum Gasteiger partial charge on any atom is 0.408 e. The maximum atomic E-state index is 13.7. The quantitative estimate of drug-likeness (QED) is 0.282. The van der Waals surface area contributed by atoms with E-state index >= 15 is 0 Å². The van der Waals surface area contributed by atoms with Gasteiger partial charge in [-0.2, -0.15) is 0 Å². The second-order valence-electron chi connectivity index (χ2n) is 8.80. The lowest BCUT2D eigenvalue weighted by molar-refractivity contribution is -0.142. The molecule has 2 atom stereocenters. The number of benzene rings is 1. The van der Waals surface area contributed by atoms with Crippen molar-refractivity contribution in [1.82, 2.24) is 10.2 Å². The molecule has 4 rings (SSSR count). The van der Waals surface area contributed by atoms with Gasteiger partial charge in [0.1, 0.15) is 0 Å². The van der Waals surface area contributed by atoms with Gasteiger partial charge < -0.3 is 29.5 Å². The van der Waals surface area contributed by atoms with E-state index in [2.05, 4.69) is 5.32 Å². The maximum absolute atomic E-state index is 13.7.